The number of hydrogen-bond donors (Lipinski definition) is 0. The molecule has 10 heteroatoms. The Morgan fingerprint density at radius 3 is 2.32 bits per heavy atom. The van der Waals surface area contributed by atoms with E-state index in [2.05, 4.69) is 11.9 Å². The van der Waals surface area contributed by atoms with Crippen LogP contribution in [0.2, 0.25) is 0 Å². The molecule has 0 spiro atoms. The second-order valence-electron chi connectivity index (χ2n) is 9.69. The van der Waals surface area contributed by atoms with Gasteiger partial charge in [0.15, 0.2) is 10.6 Å². The van der Waals surface area contributed by atoms with Crippen LogP contribution in [0.25, 0.3) is 16.9 Å². The molecule has 2 saturated heterocycles. The van der Waals surface area contributed by atoms with Crippen molar-refractivity contribution >= 4 is 22.6 Å². The molecule has 3 aromatic rings. The minimum atomic E-state index is -1.79. The first-order valence-corrected chi connectivity index (χ1v) is 14.1. The molecule has 3 aliphatic heterocycles. The smallest absolute Gasteiger partial charge is 0.275 e. The summed E-state index contributed by atoms with van der Waals surface area (Å²) in [6, 6.07) is 15.1. The van der Waals surface area contributed by atoms with Crippen LogP contribution >= 0.6 is 0 Å². The molecule has 2 amide bonds. The van der Waals surface area contributed by atoms with Crippen molar-refractivity contribution in [3.05, 3.63) is 65.4 Å². The zero-order valence-corrected chi connectivity index (χ0v) is 21.7. The lowest BCUT2D eigenvalue weighted by Gasteiger charge is -2.32. The Bertz CT molecular complexity index is 1370. The molecule has 0 N–H and O–H groups in total. The van der Waals surface area contributed by atoms with E-state index in [1.807, 2.05) is 47.4 Å². The van der Waals surface area contributed by atoms with Crippen LogP contribution in [-0.2, 0) is 25.5 Å². The van der Waals surface area contributed by atoms with Crippen LogP contribution in [0.5, 0.6) is 0 Å². The number of rotatable bonds is 3. The number of ether oxygens (including phenoxy) is 1. The highest BCUT2D eigenvalue weighted by molar-refractivity contribution is 7.84. The Kier molecular flexibility index (Phi) is 6.39. The minimum Gasteiger partial charge on any atom is -0.378 e. The summed E-state index contributed by atoms with van der Waals surface area (Å²) in [7, 11) is 0.264. The summed E-state index contributed by atoms with van der Waals surface area (Å²) < 4.78 is 20.6. The zero-order chi connectivity index (χ0) is 25.5. The Balaban J connectivity index is 1.47. The van der Waals surface area contributed by atoms with Crippen LogP contribution in [-0.4, -0.2) is 95.8 Å². The van der Waals surface area contributed by atoms with E-state index >= 15 is 0 Å². The number of benzene rings is 2. The summed E-state index contributed by atoms with van der Waals surface area (Å²) in [6.45, 7) is 4.99. The van der Waals surface area contributed by atoms with Crippen LogP contribution in [0.1, 0.15) is 26.4 Å². The zero-order valence-electron chi connectivity index (χ0n) is 20.8. The minimum absolute atomic E-state index is 0.0337. The number of para-hydroxylation sites is 1. The van der Waals surface area contributed by atoms with E-state index in [4.69, 9.17) is 9.84 Å². The number of aromatic nitrogens is 2. The standard InChI is InChI=1S/C27H29N5O4S/c1-29-9-11-30(12-10-29)26(33)19-7-8-23-21(17-19)25-22(18-37(23)35)24(27(34)31-13-15-36-16-14-31)28-32(25)20-5-3-2-4-6-20/h2-8,17H,9-16,18H2,1H3/p+1. The van der Waals surface area contributed by atoms with Gasteiger partial charge in [0.1, 0.15) is 16.6 Å². The van der Waals surface area contributed by atoms with E-state index in [9.17, 15) is 13.8 Å². The van der Waals surface area contributed by atoms with Crippen LogP contribution in [0, 0.1) is 0 Å². The van der Waals surface area contributed by atoms with E-state index in [1.165, 1.54) is 0 Å². The molecule has 3 aliphatic rings. The maximum absolute atomic E-state index is 13.6. The van der Waals surface area contributed by atoms with Gasteiger partial charge in [-0.2, -0.15) is 5.10 Å². The van der Waals surface area contributed by atoms with Crippen LogP contribution in [0.4, 0.5) is 0 Å². The van der Waals surface area contributed by atoms with Crippen LogP contribution in [0.15, 0.2) is 53.4 Å². The van der Waals surface area contributed by atoms with E-state index < -0.39 is 10.8 Å². The predicted molar refractivity (Wildman–Crippen MR) is 141 cm³/mol. The molecule has 6 rings (SSSR count). The fraction of sp³-hybridized carbons (Fsp3) is 0.370. The molecule has 4 heterocycles. The maximum Gasteiger partial charge on any atom is 0.275 e. The number of amides is 2. The summed E-state index contributed by atoms with van der Waals surface area (Å²) in [5.74, 6) is 0.0289. The molecule has 37 heavy (non-hydrogen) atoms. The largest absolute Gasteiger partial charge is 0.378 e. The highest BCUT2D eigenvalue weighted by Gasteiger charge is 2.38. The van der Waals surface area contributed by atoms with Gasteiger partial charge >= 0.3 is 0 Å². The Morgan fingerprint density at radius 1 is 0.892 bits per heavy atom. The molecule has 192 valence electrons. The highest BCUT2D eigenvalue weighted by atomic mass is 32.2. The first kappa shape index (κ1) is 24.0. The van der Waals surface area contributed by atoms with Crippen molar-refractivity contribution in [3.63, 3.8) is 0 Å². The second-order valence-corrected chi connectivity index (χ2v) is 11.2. The molecule has 0 radical (unpaired) electrons. The molecular formula is C27H30N5O4S+. The number of carbonyl (C=O) groups is 2. The first-order valence-electron chi connectivity index (χ1n) is 12.6. The van der Waals surface area contributed by atoms with Gasteiger partial charge in [-0.15, -0.1) is 4.21 Å². The number of piperazine rings is 1. The van der Waals surface area contributed by atoms with Crippen molar-refractivity contribution in [3.8, 4) is 16.9 Å². The summed E-state index contributed by atoms with van der Waals surface area (Å²) in [6.07, 6.45) is 0. The molecule has 9 nitrogen and oxygen atoms in total. The Hall–Kier alpha value is -3.34. The van der Waals surface area contributed by atoms with E-state index in [0.717, 1.165) is 24.5 Å². The van der Waals surface area contributed by atoms with Crippen molar-refractivity contribution in [2.75, 3.05) is 59.5 Å². The van der Waals surface area contributed by atoms with E-state index in [1.54, 1.807) is 15.6 Å². The summed E-state index contributed by atoms with van der Waals surface area (Å²) in [5.41, 5.74) is 3.81. The molecule has 0 aliphatic carbocycles. The van der Waals surface area contributed by atoms with E-state index in [0.29, 0.717) is 66.7 Å². The fourth-order valence-corrected chi connectivity index (χ4v) is 6.66. The molecule has 0 saturated carbocycles. The SMILES string of the molecule is CN1CCN(C(=O)c2ccc3c(c2)-c2c(c(C(=O)N4CCOCC4)nn2-c2ccccc2)C[SH+]3=O)CC1. The molecule has 1 unspecified atom stereocenters. The number of fused-ring (bicyclic) bond motifs is 3. The number of morpholine rings is 1. The van der Waals surface area contributed by atoms with Gasteiger partial charge in [0.2, 0.25) is 0 Å². The number of thiol groups is 1. The average Bonchev–Trinajstić information content (AvgIpc) is 3.33. The van der Waals surface area contributed by atoms with Crippen LogP contribution < -0.4 is 0 Å². The summed E-state index contributed by atoms with van der Waals surface area (Å²) in [5, 5.41) is 4.80. The van der Waals surface area contributed by atoms with Crippen molar-refractivity contribution in [1.82, 2.24) is 24.5 Å². The van der Waals surface area contributed by atoms with Crippen molar-refractivity contribution in [1.29, 1.82) is 0 Å². The van der Waals surface area contributed by atoms with Crippen molar-refractivity contribution in [2.24, 2.45) is 0 Å². The number of carbonyl (C=O) groups excluding carboxylic acids is 2. The topological polar surface area (TPSA) is 88.0 Å². The summed E-state index contributed by atoms with van der Waals surface area (Å²) >= 11 is 0. The average molecular weight is 521 g/mol. The van der Waals surface area contributed by atoms with Gasteiger partial charge < -0.3 is 19.4 Å². The van der Waals surface area contributed by atoms with Crippen molar-refractivity contribution < 1.29 is 18.5 Å². The predicted octanol–water partition coefficient (Wildman–Crippen LogP) is 1.97. The molecule has 0 bridgehead atoms. The normalized spacial score (nSPS) is 19.9. The molecule has 1 atom stereocenters. The quantitative estimate of drug-likeness (QED) is 0.388. The lowest BCUT2D eigenvalue weighted by Crippen LogP contribution is -2.47. The van der Waals surface area contributed by atoms with Gasteiger partial charge in [0.05, 0.1) is 35.7 Å². The highest BCUT2D eigenvalue weighted by Crippen LogP contribution is 2.40. The first-order chi connectivity index (χ1) is 18.0. The lowest BCUT2D eigenvalue weighted by atomic mass is 10.0. The molecule has 2 fully saturated rings. The molecule has 2 aromatic carbocycles. The Labute approximate surface area is 218 Å². The fourth-order valence-electron chi connectivity index (χ4n) is 5.22. The van der Waals surface area contributed by atoms with Gasteiger partial charge in [-0.3, -0.25) is 9.59 Å². The van der Waals surface area contributed by atoms with E-state index in [-0.39, 0.29) is 17.6 Å². The van der Waals surface area contributed by atoms with Gasteiger partial charge in [0.25, 0.3) is 11.8 Å². The third kappa shape index (κ3) is 4.39. The Morgan fingerprint density at radius 2 is 1.59 bits per heavy atom. The van der Waals surface area contributed by atoms with Gasteiger partial charge in [-0.05, 0) is 37.4 Å². The molecular weight excluding hydrogens is 490 g/mol. The maximum atomic E-state index is 13.6. The van der Waals surface area contributed by atoms with Crippen LogP contribution in [0.3, 0.4) is 0 Å². The summed E-state index contributed by atoms with van der Waals surface area (Å²) in [4.78, 5) is 33.5. The van der Waals surface area contributed by atoms with Gasteiger partial charge in [0, 0.05) is 44.8 Å². The molecule has 1 aromatic heterocycles. The number of likely N-dealkylation sites (N-methyl/N-ethyl adjacent to an activating group) is 1. The van der Waals surface area contributed by atoms with Crippen molar-refractivity contribution in [2.45, 2.75) is 10.6 Å². The monoisotopic (exact) mass is 520 g/mol. The lowest BCUT2D eigenvalue weighted by molar-refractivity contribution is 0.0298. The van der Waals surface area contributed by atoms with Gasteiger partial charge in [-0.1, -0.05) is 18.2 Å². The second kappa shape index (κ2) is 9.85. The third-order valence-electron chi connectivity index (χ3n) is 7.34. The number of hydrogen-bond acceptors (Lipinski definition) is 6. The third-order valence-corrected chi connectivity index (χ3v) is 8.88. The number of nitrogens with zero attached hydrogens (tertiary/aromatic N) is 5. The van der Waals surface area contributed by atoms with Gasteiger partial charge in [-0.25, -0.2) is 4.68 Å².